The minimum atomic E-state index is 0.624. The quantitative estimate of drug-likeness (QED) is 0.712. The standard InChI is InChI=1S/C14H20O3/c1-5-6-7-11-13(16-3)8-10(2)12(9-15)14(11)17-4/h8-9H,5-7H2,1-4H3. The maximum Gasteiger partial charge on any atom is 0.154 e. The molecule has 0 fully saturated rings. The van der Waals surface area contributed by atoms with Crippen molar-refractivity contribution in [3.8, 4) is 11.5 Å². The van der Waals surface area contributed by atoms with Gasteiger partial charge in [0.05, 0.1) is 19.8 Å². The Morgan fingerprint density at radius 3 is 2.47 bits per heavy atom. The fourth-order valence-electron chi connectivity index (χ4n) is 1.97. The summed E-state index contributed by atoms with van der Waals surface area (Å²) >= 11 is 0. The average molecular weight is 236 g/mol. The molecule has 0 spiro atoms. The first-order valence-electron chi connectivity index (χ1n) is 5.89. The van der Waals surface area contributed by atoms with Crippen LogP contribution in [0.2, 0.25) is 0 Å². The summed E-state index contributed by atoms with van der Waals surface area (Å²) in [6, 6.07) is 1.90. The second-order valence-corrected chi connectivity index (χ2v) is 4.04. The molecule has 0 saturated heterocycles. The molecule has 0 aliphatic rings. The second kappa shape index (κ2) is 6.28. The number of unbranched alkanes of at least 4 members (excludes halogenated alkanes) is 1. The van der Waals surface area contributed by atoms with Crippen molar-refractivity contribution in [1.82, 2.24) is 0 Å². The van der Waals surface area contributed by atoms with Crippen LogP contribution >= 0.6 is 0 Å². The summed E-state index contributed by atoms with van der Waals surface area (Å²) in [7, 11) is 3.24. The Labute approximate surface area is 103 Å². The third-order valence-electron chi connectivity index (χ3n) is 2.91. The Morgan fingerprint density at radius 1 is 1.29 bits per heavy atom. The topological polar surface area (TPSA) is 35.5 Å². The highest BCUT2D eigenvalue weighted by molar-refractivity contribution is 5.83. The zero-order valence-corrected chi connectivity index (χ0v) is 11.0. The third kappa shape index (κ3) is 2.78. The van der Waals surface area contributed by atoms with Crippen molar-refractivity contribution in [2.75, 3.05) is 14.2 Å². The molecule has 0 heterocycles. The van der Waals surface area contributed by atoms with E-state index in [0.29, 0.717) is 11.3 Å². The molecular formula is C14H20O3. The van der Waals surface area contributed by atoms with E-state index in [1.807, 2.05) is 13.0 Å². The molecule has 1 rings (SSSR count). The summed E-state index contributed by atoms with van der Waals surface area (Å²) in [5.41, 5.74) is 2.50. The van der Waals surface area contributed by atoms with Gasteiger partial charge in [0, 0.05) is 5.56 Å². The molecule has 0 aliphatic carbocycles. The summed E-state index contributed by atoms with van der Waals surface area (Å²) < 4.78 is 10.7. The molecule has 0 atom stereocenters. The highest BCUT2D eigenvalue weighted by Crippen LogP contribution is 2.35. The summed E-state index contributed by atoms with van der Waals surface area (Å²) in [5, 5.41) is 0. The van der Waals surface area contributed by atoms with Crippen LogP contribution in [0.4, 0.5) is 0 Å². The molecular weight excluding hydrogens is 216 g/mol. The maximum absolute atomic E-state index is 11.1. The van der Waals surface area contributed by atoms with Crippen molar-refractivity contribution in [3.05, 3.63) is 22.8 Å². The molecule has 0 amide bonds. The lowest BCUT2D eigenvalue weighted by molar-refractivity contribution is 0.111. The number of aldehydes is 1. The van der Waals surface area contributed by atoms with Gasteiger partial charge in [-0.3, -0.25) is 4.79 Å². The van der Waals surface area contributed by atoms with Gasteiger partial charge in [-0.1, -0.05) is 13.3 Å². The normalized spacial score (nSPS) is 10.1. The van der Waals surface area contributed by atoms with E-state index < -0.39 is 0 Å². The van der Waals surface area contributed by atoms with Gasteiger partial charge < -0.3 is 9.47 Å². The highest BCUT2D eigenvalue weighted by Gasteiger charge is 2.16. The van der Waals surface area contributed by atoms with Crippen LogP contribution in [-0.2, 0) is 6.42 Å². The highest BCUT2D eigenvalue weighted by atomic mass is 16.5. The van der Waals surface area contributed by atoms with E-state index >= 15 is 0 Å². The van der Waals surface area contributed by atoms with E-state index in [1.54, 1.807) is 14.2 Å². The number of carbonyl (C=O) groups is 1. The fourth-order valence-corrected chi connectivity index (χ4v) is 1.97. The van der Waals surface area contributed by atoms with Gasteiger partial charge in [0.25, 0.3) is 0 Å². The molecule has 0 saturated carbocycles. The van der Waals surface area contributed by atoms with E-state index in [0.717, 1.165) is 42.4 Å². The van der Waals surface area contributed by atoms with Crippen LogP contribution in [0.1, 0.15) is 41.3 Å². The fraction of sp³-hybridized carbons (Fsp3) is 0.500. The van der Waals surface area contributed by atoms with E-state index in [-0.39, 0.29) is 0 Å². The third-order valence-corrected chi connectivity index (χ3v) is 2.91. The summed E-state index contributed by atoms with van der Waals surface area (Å²) in [6.45, 7) is 4.02. The Balaban J connectivity index is 3.34. The molecule has 1 aromatic carbocycles. The van der Waals surface area contributed by atoms with Crippen molar-refractivity contribution in [1.29, 1.82) is 0 Å². The number of benzene rings is 1. The SMILES string of the molecule is CCCCc1c(OC)cc(C)c(C=O)c1OC. The monoisotopic (exact) mass is 236 g/mol. The average Bonchev–Trinajstić information content (AvgIpc) is 2.35. The first kappa shape index (κ1) is 13.6. The van der Waals surface area contributed by atoms with Crippen LogP contribution in [0.25, 0.3) is 0 Å². The van der Waals surface area contributed by atoms with Gasteiger partial charge in [-0.05, 0) is 31.4 Å². The lowest BCUT2D eigenvalue weighted by Gasteiger charge is -2.16. The Kier molecular flexibility index (Phi) is 5.01. The smallest absolute Gasteiger partial charge is 0.154 e. The number of hydrogen-bond donors (Lipinski definition) is 0. The van der Waals surface area contributed by atoms with Gasteiger partial charge in [-0.2, -0.15) is 0 Å². The summed E-state index contributed by atoms with van der Waals surface area (Å²) in [5.74, 6) is 1.46. The first-order chi connectivity index (χ1) is 8.19. The Hall–Kier alpha value is -1.51. The van der Waals surface area contributed by atoms with E-state index in [1.165, 1.54) is 0 Å². The molecule has 0 aromatic heterocycles. The van der Waals surface area contributed by atoms with Crippen molar-refractivity contribution in [3.63, 3.8) is 0 Å². The second-order valence-electron chi connectivity index (χ2n) is 4.04. The predicted molar refractivity (Wildman–Crippen MR) is 68.3 cm³/mol. The van der Waals surface area contributed by atoms with E-state index in [4.69, 9.17) is 9.47 Å². The molecule has 94 valence electrons. The molecule has 3 heteroatoms. The van der Waals surface area contributed by atoms with Crippen LogP contribution in [-0.4, -0.2) is 20.5 Å². The first-order valence-corrected chi connectivity index (χ1v) is 5.89. The lowest BCUT2D eigenvalue weighted by Crippen LogP contribution is -2.03. The molecule has 0 aliphatic heterocycles. The van der Waals surface area contributed by atoms with Crippen molar-refractivity contribution in [2.45, 2.75) is 33.1 Å². The number of aryl methyl sites for hydroxylation is 1. The molecule has 17 heavy (non-hydrogen) atoms. The summed E-state index contributed by atoms with van der Waals surface area (Å²) in [6.07, 6.45) is 3.86. The van der Waals surface area contributed by atoms with Gasteiger partial charge in [-0.15, -0.1) is 0 Å². The molecule has 0 bridgehead atoms. The predicted octanol–water partition coefficient (Wildman–Crippen LogP) is 3.17. The van der Waals surface area contributed by atoms with Crippen LogP contribution in [0.5, 0.6) is 11.5 Å². The zero-order valence-electron chi connectivity index (χ0n) is 11.0. The van der Waals surface area contributed by atoms with Crippen molar-refractivity contribution in [2.24, 2.45) is 0 Å². The van der Waals surface area contributed by atoms with Gasteiger partial charge >= 0.3 is 0 Å². The molecule has 0 unspecified atom stereocenters. The minimum absolute atomic E-state index is 0.624. The molecule has 3 nitrogen and oxygen atoms in total. The van der Waals surface area contributed by atoms with Gasteiger partial charge in [0.2, 0.25) is 0 Å². The number of methoxy groups -OCH3 is 2. The van der Waals surface area contributed by atoms with Gasteiger partial charge in [-0.25, -0.2) is 0 Å². The van der Waals surface area contributed by atoms with Crippen molar-refractivity contribution >= 4 is 6.29 Å². The number of ether oxygens (including phenoxy) is 2. The Bertz CT molecular complexity index is 397. The number of rotatable bonds is 6. The molecule has 0 radical (unpaired) electrons. The number of hydrogen-bond acceptors (Lipinski definition) is 3. The van der Waals surface area contributed by atoms with Gasteiger partial charge in [0.15, 0.2) is 6.29 Å². The van der Waals surface area contributed by atoms with Crippen LogP contribution in [0.3, 0.4) is 0 Å². The number of carbonyl (C=O) groups excluding carboxylic acids is 1. The minimum Gasteiger partial charge on any atom is -0.496 e. The Morgan fingerprint density at radius 2 is 2.00 bits per heavy atom. The van der Waals surface area contributed by atoms with Crippen LogP contribution < -0.4 is 9.47 Å². The zero-order chi connectivity index (χ0) is 12.8. The van der Waals surface area contributed by atoms with E-state index in [9.17, 15) is 4.79 Å². The largest absolute Gasteiger partial charge is 0.496 e. The van der Waals surface area contributed by atoms with E-state index in [2.05, 4.69) is 6.92 Å². The van der Waals surface area contributed by atoms with Crippen molar-refractivity contribution < 1.29 is 14.3 Å². The maximum atomic E-state index is 11.1. The van der Waals surface area contributed by atoms with Crippen LogP contribution in [0.15, 0.2) is 6.07 Å². The molecule has 0 N–H and O–H groups in total. The summed E-state index contributed by atoms with van der Waals surface area (Å²) in [4.78, 5) is 11.1. The molecule has 1 aromatic rings. The van der Waals surface area contributed by atoms with Crippen LogP contribution in [0, 0.1) is 6.92 Å². The lowest BCUT2D eigenvalue weighted by atomic mass is 9.99. The van der Waals surface area contributed by atoms with Gasteiger partial charge in [0.1, 0.15) is 11.5 Å².